The first-order chi connectivity index (χ1) is 16.4. The molecule has 6 heteroatoms. The smallest absolute Gasteiger partial charge is 0.261 e. The van der Waals surface area contributed by atoms with E-state index in [-0.39, 0.29) is 29.2 Å². The van der Waals surface area contributed by atoms with Gasteiger partial charge in [-0.15, -0.1) is 0 Å². The van der Waals surface area contributed by atoms with Gasteiger partial charge in [0.1, 0.15) is 0 Å². The van der Waals surface area contributed by atoms with Gasteiger partial charge in [-0.1, -0.05) is 30.8 Å². The van der Waals surface area contributed by atoms with E-state index in [4.69, 9.17) is 0 Å². The second-order valence-electron chi connectivity index (χ2n) is 8.77. The highest BCUT2D eigenvalue weighted by atomic mass is 16.3. The fraction of sp³-hybridized carbons (Fsp3) is 0.0714. The van der Waals surface area contributed by atoms with Crippen molar-refractivity contribution >= 4 is 72.3 Å². The maximum absolute atomic E-state index is 13.1. The van der Waals surface area contributed by atoms with E-state index in [0.29, 0.717) is 32.7 Å². The van der Waals surface area contributed by atoms with Crippen LogP contribution in [-0.4, -0.2) is 35.0 Å². The number of rotatable bonds is 2. The van der Waals surface area contributed by atoms with E-state index in [9.17, 15) is 24.3 Å². The first kappa shape index (κ1) is 19.1. The molecule has 1 heterocycles. The Morgan fingerprint density at radius 3 is 1.44 bits per heavy atom. The average Bonchev–Trinajstić information content (AvgIpc) is 2.86. The zero-order valence-corrected chi connectivity index (χ0v) is 17.8. The molecular weight excluding hydrogens is 430 g/mol. The van der Waals surface area contributed by atoms with Gasteiger partial charge in [-0.05, 0) is 56.6 Å². The number of aliphatic hydroxyl groups excluding tert-OH is 1. The number of fused-ring (bicyclic) bond motifs is 2. The summed E-state index contributed by atoms with van der Waals surface area (Å²) in [7, 11) is 0. The van der Waals surface area contributed by atoms with Crippen LogP contribution in [0.2, 0.25) is 0 Å². The Morgan fingerprint density at radius 1 is 0.588 bits per heavy atom. The highest BCUT2D eigenvalue weighted by Gasteiger charge is 2.34. The molecule has 0 fully saturated rings. The van der Waals surface area contributed by atoms with Gasteiger partial charge in [0.25, 0.3) is 11.8 Å². The van der Waals surface area contributed by atoms with Crippen LogP contribution in [0.15, 0.2) is 58.1 Å². The minimum atomic E-state index is -0.430. The Labute approximate surface area is 190 Å². The second kappa shape index (κ2) is 6.12. The summed E-state index contributed by atoms with van der Waals surface area (Å²) in [6, 6.07) is 14.3. The van der Waals surface area contributed by atoms with Crippen LogP contribution in [0.4, 0.5) is 0 Å². The van der Waals surface area contributed by atoms with Crippen LogP contribution in [0.25, 0.3) is 60.4 Å². The quantitative estimate of drug-likeness (QED) is 0.251. The summed E-state index contributed by atoms with van der Waals surface area (Å²) in [5, 5.41) is 16.4. The van der Waals surface area contributed by atoms with Gasteiger partial charge in [0, 0.05) is 32.7 Å². The first-order valence-corrected chi connectivity index (χ1v) is 10.9. The number of carbonyl (C=O) groups excluding carboxylic acids is 2. The summed E-state index contributed by atoms with van der Waals surface area (Å²) < 4.78 is 0. The van der Waals surface area contributed by atoms with Gasteiger partial charge in [-0.2, -0.15) is 0 Å². The predicted octanol–water partition coefficient (Wildman–Crippen LogP) is 2.77. The normalized spacial score (nSPS) is 14.1. The molecule has 6 aromatic rings. The lowest BCUT2D eigenvalue weighted by atomic mass is 9.83. The molecule has 1 aliphatic heterocycles. The molecule has 162 valence electrons. The number of hydrogen-bond acceptors (Lipinski definition) is 5. The van der Waals surface area contributed by atoms with Crippen molar-refractivity contribution in [1.29, 1.82) is 0 Å². The van der Waals surface area contributed by atoms with Crippen molar-refractivity contribution in [2.75, 3.05) is 13.2 Å². The van der Waals surface area contributed by atoms with E-state index in [1.54, 1.807) is 24.3 Å². The number of β-amino-alcohol motifs (C(OH)–C–C–N with tert-alkyl or cyclic N) is 1. The van der Waals surface area contributed by atoms with E-state index in [0.717, 1.165) is 37.2 Å². The Morgan fingerprint density at radius 2 is 0.971 bits per heavy atom. The Kier molecular flexibility index (Phi) is 3.44. The largest absolute Gasteiger partial charge is 0.395 e. The van der Waals surface area contributed by atoms with Gasteiger partial charge >= 0.3 is 0 Å². The maximum atomic E-state index is 13.1. The van der Waals surface area contributed by atoms with Crippen molar-refractivity contribution in [2.24, 2.45) is 0 Å². The molecule has 1 aliphatic rings. The second-order valence-corrected chi connectivity index (χ2v) is 8.77. The molecule has 7 rings (SSSR count). The number of carbonyl (C=O) groups is 2. The number of amides is 2. The van der Waals surface area contributed by atoms with Crippen molar-refractivity contribution in [3.05, 3.63) is 85.3 Å². The lowest BCUT2D eigenvalue weighted by molar-refractivity contribution is 0.0580. The summed E-state index contributed by atoms with van der Waals surface area (Å²) in [5.74, 6) is -0.859. The van der Waals surface area contributed by atoms with Gasteiger partial charge in [0.05, 0.1) is 18.4 Å². The van der Waals surface area contributed by atoms with E-state index < -0.39 is 11.8 Å². The van der Waals surface area contributed by atoms with Gasteiger partial charge in [0.2, 0.25) is 0 Å². The average molecular weight is 445 g/mol. The molecule has 6 aromatic carbocycles. The van der Waals surface area contributed by atoms with Crippen LogP contribution in [0, 0.1) is 0 Å². The fourth-order valence-corrected chi connectivity index (χ4v) is 5.74. The highest BCUT2D eigenvalue weighted by Crippen LogP contribution is 2.44. The molecule has 0 unspecified atom stereocenters. The molecule has 0 aromatic heterocycles. The standard InChI is InChI=1S/C28H15NO5/c1-12-25(31)17-6-2-13-15-4-8-19-24-20(28(34)29(10-11-30)27(19)33)9-5-16(22(15)24)14-3-7-18(26(12)32)23(17)21(13)14/h2-9,30H,1,10-11H2. The fourth-order valence-electron chi connectivity index (χ4n) is 5.74. The molecule has 6 nitrogen and oxygen atoms in total. The van der Waals surface area contributed by atoms with Gasteiger partial charge in [-0.3, -0.25) is 24.1 Å². The SMILES string of the molecule is C=c1c(=O)c2ccc3c4ccc5c6c(ccc(c7ccc(c1=O)c2c37)c64)C(=O)N(CCO)C5=O. The predicted molar refractivity (Wildman–Crippen MR) is 132 cm³/mol. The van der Waals surface area contributed by atoms with Crippen LogP contribution >= 0.6 is 0 Å². The third-order valence-electron chi connectivity index (χ3n) is 7.21. The molecule has 0 bridgehead atoms. The Hall–Kier alpha value is -4.42. The molecule has 34 heavy (non-hydrogen) atoms. The van der Waals surface area contributed by atoms with Crippen LogP contribution in [0.5, 0.6) is 0 Å². The lowest BCUT2D eigenvalue weighted by Gasteiger charge is -2.28. The number of aliphatic hydroxyl groups is 1. The molecule has 0 saturated carbocycles. The van der Waals surface area contributed by atoms with Crippen LogP contribution in [0.3, 0.4) is 0 Å². The van der Waals surface area contributed by atoms with E-state index >= 15 is 0 Å². The van der Waals surface area contributed by atoms with Crippen LogP contribution in [0.1, 0.15) is 20.7 Å². The first-order valence-electron chi connectivity index (χ1n) is 10.9. The van der Waals surface area contributed by atoms with Crippen molar-refractivity contribution < 1.29 is 14.7 Å². The van der Waals surface area contributed by atoms with Crippen molar-refractivity contribution in [1.82, 2.24) is 4.90 Å². The third kappa shape index (κ3) is 2.01. The van der Waals surface area contributed by atoms with Gasteiger partial charge in [0.15, 0.2) is 10.9 Å². The topological polar surface area (TPSA) is 91.8 Å². The molecule has 0 radical (unpaired) electrons. The molecule has 0 saturated heterocycles. The molecule has 2 amide bonds. The summed E-state index contributed by atoms with van der Waals surface area (Å²) >= 11 is 0. The maximum Gasteiger partial charge on any atom is 0.261 e. The minimum absolute atomic E-state index is 0.0326. The Balaban J connectivity index is 1.76. The molecular formula is C28H15NO5. The summed E-state index contributed by atoms with van der Waals surface area (Å²) in [6.07, 6.45) is 0. The Bertz CT molecular complexity index is 1940. The summed E-state index contributed by atoms with van der Waals surface area (Å²) in [4.78, 5) is 53.0. The molecule has 0 atom stereocenters. The number of nitrogens with zero attached hydrogens (tertiary/aromatic N) is 1. The summed E-state index contributed by atoms with van der Waals surface area (Å²) in [6.45, 7) is 3.32. The third-order valence-corrected chi connectivity index (χ3v) is 7.21. The van der Waals surface area contributed by atoms with E-state index in [2.05, 4.69) is 6.58 Å². The molecule has 0 spiro atoms. The molecule has 0 aliphatic carbocycles. The lowest BCUT2D eigenvalue weighted by Crippen LogP contribution is -2.41. The van der Waals surface area contributed by atoms with E-state index in [1.165, 1.54) is 0 Å². The van der Waals surface area contributed by atoms with Crippen molar-refractivity contribution in [3.63, 3.8) is 0 Å². The monoisotopic (exact) mass is 445 g/mol. The number of hydrogen-bond donors (Lipinski definition) is 1. The van der Waals surface area contributed by atoms with Gasteiger partial charge < -0.3 is 5.11 Å². The van der Waals surface area contributed by atoms with Crippen LogP contribution < -0.4 is 16.1 Å². The highest BCUT2D eigenvalue weighted by molar-refractivity contribution is 6.40. The number of imide groups is 1. The minimum Gasteiger partial charge on any atom is -0.395 e. The van der Waals surface area contributed by atoms with Crippen LogP contribution in [-0.2, 0) is 0 Å². The number of benzene rings is 6. The van der Waals surface area contributed by atoms with Gasteiger partial charge in [-0.25, -0.2) is 0 Å². The molecule has 1 N–H and O–H groups in total. The summed E-state index contributed by atoms with van der Waals surface area (Å²) in [5.41, 5.74) is 0.105. The zero-order valence-electron chi connectivity index (χ0n) is 17.8. The van der Waals surface area contributed by atoms with Crippen molar-refractivity contribution in [3.8, 4) is 0 Å². The van der Waals surface area contributed by atoms with E-state index in [1.807, 2.05) is 24.3 Å². The zero-order chi connectivity index (χ0) is 23.5. The van der Waals surface area contributed by atoms with Crippen molar-refractivity contribution in [2.45, 2.75) is 0 Å².